The fourth-order valence-electron chi connectivity index (χ4n) is 2.45. The molecule has 0 saturated carbocycles. The minimum absolute atomic E-state index is 0.132. The van der Waals surface area contributed by atoms with Crippen molar-refractivity contribution in [2.75, 3.05) is 16.7 Å². The van der Waals surface area contributed by atoms with Gasteiger partial charge in [0.2, 0.25) is 0 Å². The van der Waals surface area contributed by atoms with E-state index in [-0.39, 0.29) is 10.6 Å². The number of anilines is 2. The van der Waals surface area contributed by atoms with Crippen LogP contribution in [0.25, 0.3) is 0 Å². The molecule has 0 radical (unpaired) electrons. The number of nitrogens with one attached hydrogen (secondary N) is 1. The number of nitriles is 1. The van der Waals surface area contributed by atoms with Crippen molar-refractivity contribution in [3.8, 4) is 6.07 Å². The molecule has 7 nitrogen and oxygen atoms in total. The van der Waals surface area contributed by atoms with Gasteiger partial charge >= 0.3 is 0 Å². The number of pyridine rings is 1. The molecule has 0 unspecified atom stereocenters. The lowest BCUT2D eigenvalue weighted by molar-refractivity contribution is 0.102. The molecule has 1 aromatic heterocycles. The van der Waals surface area contributed by atoms with Crippen molar-refractivity contribution in [3.63, 3.8) is 0 Å². The minimum atomic E-state index is -3.98. The summed E-state index contributed by atoms with van der Waals surface area (Å²) in [6.07, 6.45) is 1.26. The van der Waals surface area contributed by atoms with Gasteiger partial charge in [-0.25, -0.2) is 4.98 Å². The number of nitrogens with zero attached hydrogens (tertiary/aromatic N) is 3. The van der Waals surface area contributed by atoms with E-state index in [2.05, 4.69) is 10.3 Å². The summed E-state index contributed by atoms with van der Waals surface area (Å²) in [7, 11) is -2.59. The van der Waals surface area contributed by atoms with E-state index in [0.29, 0.717) is 22.0 Å². The standard InChI is InChI=1S/C20H15ClN4O3S/c1-25(18-8-4-16(21)5-9-18)29(27,28)19-12-15(10-11-23-19)20(26)24-17-6-2-14(13-22)3-7-17/h2-12H,1H3,(H,24,26). The molecule has 3 aromatic rings. The number of halogens is 1. The van der Waals surface area contributed by atoms with Crippen LogP contribution in [0.1, 0.15) is 15.9 Å². The van der Waals surface area contributed by atoms with Crippen LogP contribution in [-0.2, 0) is 10.0 Å². The Hall–Kier alpha value is -3.41. The lowest BCUT2D eigenvalue weighted by Gasteiger charge is -2.19. The first kappa shape index (κ1) is 20.3. The summed E-state index contributed by atoms with van der Waals surface area (Å²) in [5.74, 6) is -0.497. The topological polar surface area (TPSA) is 103 Å². The van der Waals surface area contributed by atoms with E-state index in [1.165, 1.54) is 25.4 Å². The van der Waals surface area contributed by atoms with E-state index in [4.69, 9.17) is 16.9 Å². The summed E-state index contributed by atoms with van der Waals surface area (Å²) in [4.78, 5) is 16.4. The summed E-state index contributed by atoms with van der Waals surface area (Å²) >= 11 is 5.85. The van der Waals surface area contributed by atoms with Crippen LogP contribution in [0.4, 0.5) is 11.4 Å². The van der Waals surface area contributed by atoms with Gasteiger partial charge in [0.15, 0.2) is 5.03 Å². The highest BCUT2D eigenvalue weighted by atomic mass is 35.5. The Morgan fingerprint density at radius 2 is 1.76 bits per heavy atom. The van der Waals surface area contributed by atoms with E-state index < -0.39 is 15.9 Å². The van der Waals surface area contributed by atoms with Crippen molar-refractivity contribution in [2.24, 2.45) is 0 Å². The van der Waals surface area contributed by atoms with Crippen LogP contribution >= 0.6 is 11.6 Å². The zero-order valence-electron chi connectivity index (χ0n) is 15.2. The minimum Gasteiger partial charge on any atom is -0.322 e. The van der Waals surface area contributed by atoms with Gasteiger partial charge < -0.3 is 5.32 Å². The molecular formula is C20H15ClN4O3S. The number of sulfonamides is 1. The quantitative estimate of drug-likeness (QED) is 0.670. The second-order valence-electron chi connectivity index (χ2n) is 5.97. The molecule has 0 saturated heterocycles. The Morgan fingerprint density at radius 3 is 2.38 bits per heavy atom. The molecule has 0 aliphatic heterocycles. The van der Waals surface area contributed by atoms with Gasteiger partial charge in [-0.15, -0.1) is 0 Å². The molecule has 1 N–H and O–H groups in total. The molecular weight excluding hydrogens is 412 g/mol. The Morgan fingerprint density at radius 1 is 1.10 bits per heavy atom. The third-order valence-corrected chi connectivity index (χ3v) is 6.02. The van der Waals surface area contributed by atoms with Crippen molar-refractivity contribution in [1.82, 2.24) is 4.98 Å². The fraction of sp³-hybridized carbons (Fsp3) is 0.0500. The highest BCUT2D eigenvalue weighted by molar-refractivity contribution is 7.92. The summed E-state index contributed by atoms with van der Waals surface area (Å²) < 4.78 is 26.8. The third kappa shape index (κ3) is 4.54. The smallest absolute Gasteiger partial charge is 0.281 e. The number of hydrogen-bond acceptors (Lipinski definition) is 5. The second-order valence-corrected chi connectivity index (χ2v) is 8.33. The lowest BCUT2D eigenvalue weighted by Crippen LogP contribution is -2.27. The molecule has 0 atom stereocenters. The first-order valence-corrected chi connectivity index (χ1v) is 10.1. The first-order chi connectivity index (χ1) is 13.8. The van der Waals surface area contributed by atoms with E-state index >= 15 is 0 Å². The second kappa shape index (κ2) is 8.31. The lowest BCUT2D eigenvalue weighted by atomic mass is 10.2. The van der Waals surface area contributed by atoms with Gasteiger partial charge in [0.25, 0.3) is 15.9 Å². The van der Waals surface area contributed by atoms with E-state index in [0.717, 1.165) is 4.31 Å². The SMILES string of the molecule is CN(c1ccc(Cl)cc1)S(=O)(=O)c1cc(C(=O)Nc2ccc(C#N)cc2)ccn1. The molecule has 0 fully saturated rings. The number of aromatic nitrogens is 1. The third-order valence-electron chi connectivity index (χ3n) is 4.08. The van der Waals surface area contributed by atoms with Crippen molar-refractivity contribution in [1.29, 1.82) is 5.26 Å². The summed E-state index contributed by atoms with van der Waals surface area (Å²) in [5, 5.41) is 11.7. The van der Waals surface area contributed by atoms with Gasteiger partial charge in [-0.05, 0) is 60.7 Å². The van der Waals surface area contributed by atoms with Crippen LogP contribution in [0.5, 0.6) is 0 Å². The van der Waals surface area contributed by atoms with Crippen molar-refractivity contribution < 1.29 is 13.2 Å². The number of benzene rings is 2. The normalized spacial score (nSPS) is 10.8. The average Bonchev–Trinajstić information content (AvgIpc) is 2.74. The summed E-state index contributed by atoms with van der Waals surface area (Å²) in [5.41, 5.74) is 1.48. The maximum Gasteiger partial charge on any atom is 0.281 e. The Kier molecular flexibility index (Phi) is 5.82. The predicted molar refractivity (Wildman–Crippen MR) is 110 cm³/mol. The first-order valence-electron chi connectivity index (χ1n) is 8.33. The van der Waals surface area contributed by atoms with Crippen molar-refractivity contribution in [3.05, 3.63) is 83.0 Å². The van der Waals surface area contributed by atoms with Crippen LogP contribution in [0.15, 0.2) is 71.9 Å². The zero-order chi connectivity index (χ0) is 21.0. The van der Waals surface area contributed by atoms with E-state index in [9.17, 15) is 13.2 Å². The average molecular weight is 427 g/mol. The molecule has 0 spiro atoms. The van der Waals surface area contributed by atoms with Gasteiger partial charge in [-0.3, -0.25) is 9.10 Å². The molecule has 0 aliphatic rings. The highest BCUT2D eigenvalue weighted by Crippen LogP contribution is 2.23. The molecule has 2 aromatic carbocycles. The van der Waals surface area contributed by atoms with Crippen LogP contribution < -0.4 is 9.62 Å². The van der Waals surface area contributed by atoms with Gasteiger partial charge in [-0.2, -0.15) is 13.7 Å². The largest absolute Gasteiger partial charge is 0.322 e. The maximum absolute atomic E-state index is 12.9. The predicted octanol–water partition coefficient (Wildman–Crippen LogP) is 3.68. The molecule has 1 heterocycles. The van der Waals surface area contributed by atoms with Crippen LogP contribution in [-0.4, -0.2) is 26.4 Å². The van der Waals surface area contributed by atoms with Crippen LogP contribution in [0.3, 0.4) is 0 Å². The maximum atomic E-state index is 12.9. The number of rotatable bonds is 5. The molecule has 3 rings (SSSR count). The Balaban J connectivity index is 1.84. The van der Waals surface area contributed by atoms with E-state index in [1.807, 2.05) is 6.07 Å². The van der Waals surface area contributed by atoms with E-state index in [1.54, 1.807) is 48.5 Å². The molecule has 9 heteroatoms. The molecule has 29 heavy (non-hydrogen) atoms. The molecule has 146 valence electrons. The van der Waals surface area contributed by atoms with Gasteiger partial charge in [-0.1, -0.05) is 11.6 Å². The van der Waals surface area contributed by atoms with Gasteiger partial charge in [0.05, 0.1) is 17.3 Å². The van der Waals surface area contributed by atoms with Crippen LogP contribution in [0, 0.1) is 11.3 Å². The molecule has 1 amide bonds. The monoisotopic (exact) mass is 426 g/mol. The Labute approximate surface area is 173 Å². The number of carbonyl (C=O) groups is 1. The Bertz CT molecular complexity index is 1190. The summed E-state index contributed by atoms with van der Waals surface area (Å²) in [6.45, 7) is 0. The van der Waals surface area contributed by atoms with Crippen molar-refractivity contribution >= 4 is 38.9 Å². The zero-order valence-corrected chi connectivity index (χ0v) is 16.8. The fourth-order valence-corrected chi connectivity index (χ4v) is 3.73. The van der Waals surface area contributed by atoms with Gasteiger partial charge in [0, 0.05) is 29.5 Å². The number of amides is 1. The summed E-state index contributed by atoms with van der Waals surface area (Å²) in [6, 6.07) is 17.2. The highest BCUT2D eigenvalue weighted by Gasteiger charge is 2.24. The van der Waals surface area contributed by atoms with Gasteiger partial charge in [0.1, 0.15) is 0 Å². The van der Waals surface area contributed by atoms with Crippen molar-refractivity contribution in [2.45, 2.75) is 5.03 Å². The molecule has 0 aliphatic carbocycles. The van der Waals surface area contributed by atoms with Crippen LogP contribution in [0.2, 0.25) is 5.02 Å². The molecule has 0 bridgehead atoms. The number of hydrogen-bond donors (Lipinski definition) is 1. The number of carbonyl (C=O) groups excluding carboxylic acids is 1.